The van der Waals surface area contributed by atoms with Gasteiger partial charge in [0.05, 0.1) is 18.1 Å². The van der Waals surface area contributed by atoms with Crippen LogP contribution < -0.4 is 25.0 Å². The Kier molecular flexibility index (Phi) is 5.89. The van der Waals surface area contributed by atoms with Crippen molar-refractivity contribution in [1.82, 2.24) is 35.3 Å². The number of hydrogen-bond acceptors (Lipinski definition) is 10. The average Bonchev–Trinajstić information content (AvgIpc) is 3.30. The standard InChI is InChI=1S/C26H27N9O2/c1-16-12-17(4-7-22(16)37-18-5-6-21-19(13-18)32-33-34(21)2)30-25-24-20(28-15-29-25)14-23(36-3)26(31-24)35-10-8-27-9-11-35/h4-7,12-15,27H,8-11H2,1-3H3,(H,28,29,30). The molecule has 4 heterocycles. The maximum atomic E-state index is 6.14. The Labute approximate surface area is 213 Å². The number of aromatic nitrogens is 6. The van der Waals surface area contributed by atoms with Gasteiger partial charge in [0.2, 0.25) is 0 Å². The second-order valence-electron chi connectivity index (χ2n) is 8.91. The zero-order chi connectivity index (χ0) is 25.4. The fourth-order valence-electron chi connectivity index (χ4n) is 4.49. The molecular formula is C26H27N9O2. The molecule has 1 aliphatic heterocycles. The first-order chi connectivity index (χ1) is 18.1. The quantitative estimate of drug-likeness (QED) is 0.361. The van der Waals surface area contributed by atoms with Gasteiger partial charge >= 0.3 is 0 Å². The van der Waals surface area contributed by atoms with Crippen molar-refractivity contribution in [1.29, 1.82) is 0 Å². The van der Waals surface area contributed by atoms with Crippen LogP contribution in [-0.4, -0.2) is 63.2 Å². The summed E-state index contributed by atoms with van der Waals surface area (Å²) in [6, 6.07) is 13.6. The number of piperazine rings is 1. The van der Waals surface area contributed by atoms with E-state index in [0.717, 1.165) is 60.0 Å². The summed E-state index contributed by atoms with van der Waals surface area (Å²) in [6.07, 6.45) is 1.53. The van der Waals surface area contributed by atoms with E-state index >= 15 is 0 Å². The Hall–Kier alpha value is -4.51. The number of ether oxygens (including phenoxy) is 2. The smallest absolute Gasteiger partial charge is 0.172 e. The summed E-state index contributed by atoms with van der Waals surface area (Å²) in [5, 5.41) is 15.0. The second-order valence-corrected chi connectivity index (χ2v) is 8.91. The minimum Gasteiger partial charge on any atom is -0.493 e. The summed E-state index contributed by atoms with van der Waals surface area (Å²) in [5.74, 6) is 3.60. The van der Waals surface area contributed by atoms with Gasteiger partial charge in [-0.05, 0) is 42.8 Å². The third kappa shape index (κ3) is 4.45. The normalized spacial score (nSPS) is 13.8. The van der Waals surface area contributed by atoms with Crippen molar-refractivity contribution in [2.75, 3.05) is 43.5 Å². The predicted octanol–water partition coefficient (Wildman–Crippen LogP) is 3.57. The highest BCUT2D eigenvalue weighted by Crippen LogP contribution is 2.34. The first-order valence-electron chi connectivity index (χ1n) is 12.1. The third-order valence-corrected chi connectivity index (χ3v) is 6.44. The number of nitrogens with one attached hydrogen (secondary N) is 2. The molecule has 2 N–H and O–H groups in total. The van der Waals surface area contributed by atoms with Gasteiger partial charge < -0.3 is 25.0 Å². The summed E-state index contributed by atoms with van der Waals surface area (Å²) in [5.41, 5.74) is 4.98. The van der Waals surface area contributed by atoms with Crippen molar-refractivity contribution in [3.63, 3.8) is 0 Å². The number of hydrogen-bond donors (Lipinski definition) is 2. The molecule has 0 saturated carbocycles. The van der Waals surface area contributed by atoms with Crippen LogP contribution in [0.3, 0.4) is 0 Å². The van der Waals surface area contributed by atoms with E-state index in [1.165, 1.54) is 6.33 Å². The zero-order valence-corrected chi connectivity index (χ0v) is 20.9. The molecule has 0 aliphatic carbocycles. The van der Waals surface area contributed by atoms with Gasteiger partial charge in [0.15, 0.2) is 17.4 Å². The lowest BCUT2D eigenvalue weighted by molar-refractivity contribution is 0.411. The molecule has 3 aromatic heterocycles. The predicted molar refractivity (Wildman–Crippen MR) is 142 cm³/mol. The highest BCUT2D eigenvalue weighted by atomic mass is 16.5. The Morgan fingerprint density at radius 2 is 1.84 bits per heavy atom. The van der Waals surface area contributed by atoms with Gasteiger partial charge in [-0.2, -0.15) is 0 Å². The number of anilines is 3. The lowest BCUT2D eigenvalue weighted by Gasteiger charge is -2.29. The topological polar surface area (TPSA) is 115 Å². The summed E-state index contributed by atoms with van der Waals surface area (Å²) >= 11 is 0. The van der Waals surface area contributed by atoms with Crippen LogP contribution in [0.4, 0.5) is 17.3 Å². The number of methoxy groups -OCH3 is 1. The first kappa shape index (κ1) is 22.9. The van der Waals surface area contributed by atoms with Crippen molar-refractivity contribution < 1.29 is 9.47 Å². The fraction of sp³-hybridized carbons (Fsp3) is 0.269. The fourth-order valence-corrected chi connectivity index (χ4v) is 4.49. The van der Waals surface area contributed by atoms with Gasteiger partial charge in [0, 0.05) is 51.0 Å². The molecule has 11 nitrogen and oxygen atoms in total. The van der Waals surface area contributed by atoms with Gasteiger partial charge in [-0.3, -0.25) is 0 Å². The van der Waals surface area contributed by atoms with Crippen LogP contribution >= 0.6 is 0 Å². The lowest BCUT2D eigenvalue weighted by Crippen LogP contribution is -2.44. The van der Waals surface area contributed by atoms with Crippen LogP contribution in [0.5, 0.6) is 17.2 Å². The molecule has 0 unspecified atom stereocenters. The van der Waals surface area contributed by atoms with Crippen LogP contribution in [0.15, 0.2) is 48.8 Å². The molecule has 1 fully saturated rings. The summed E-state index contributed by atoms with van der Waals surface area (Å²) < 4.78 is 13.5. The van der Waals surface area contributed by atoms with Gasteiger partial charge in [-0.15, -0.1) is 5.10 Å². The molecule has 5 aromatic rings. The molecule has 0 atom stereocenters. The second kappa shape index (κ2) is 9.51. The van der Waals surface area contributed by atoms with Crippen molar-refractivity contribution >= 4 is 39.4 Å². The van der Waals surface area contributed by atoms with Gasteiger partial charge in [0.1, 0.15) is 28.9 Å². The molecule has 6 rings (SSSR count). The minimum absolute atomic E-state index is 0.630. The van der Waals surface area contributed by atoms with Gasteiger partial charge in [0.25, 0.3) is 0 Å². The largest absolute Gasteiger partial charge is 0.493 e. The van der Waals surface area contributed by atoms with Crippen LogP contribution in [0.2, 0.25) is 0 Å². The number of rotatable bonds is 6. The van der Waals surface area contributed by atoms with E-state index in [0.29, 0.717) is 28.4 Å². The van der Waals surface area contributed by atoms with Crippen LogP contribution in [-0.2, 0) is 7.05 Å². The monoisotopic (exact) mass is 497 g/mol. The summed E-state index contributed by atoms with van der Waals surface area (Å²) in [7, 11) is 3.52. The van der Waals surface area contributed by atoms with E-state index in [1.54, 1.807) is 11.8 Å². The lowest BCUT2D eigenvalue weighted by atomic mass is 10.2. The summed E-state index contributed by atoms with van der Waals surface area (Å²) in [4.78, 5) is 16.1. The van der Waals surface area contributed by atoms with Crippen LogP contribution in [0.1, 0.15) is 5.56 Å². The number of benzene rings is 2. The SMILES string of the molecule is COc1cc2ncnc(Nc3ccc(Oc4ccc5c(c4)nnn5C)c(C)c3)c2nc1N1CCNCC1. The molecule has 11 heteroatoms. The number of fused-ring (bicyclic) bond motifs is 2. The van der Waals surface area contributed by atoms with E-state index in [4.69, 9.17) is 14.5 Å². The molecule has 1 aliphatic rings. The molecule has 0 radical (unpaired) electrons. The van der Waals surface area contributed by atoms with E-state index in [1.807, 2.05) is 56.4 Å². The minimum atomic E-state index is 0.630. The first-order valence-corrected chi connectivity index (χ1v) is 12.1. The zero-order valence-electron chi connectivity index (χ0n) is 20.9. The van der Waals surface area contributed by atoms with Crippen molar-refractivity contribution in [2.45, 2.75) is 6.92 Å². The van der Waals surface area contributed by atoms with Crippen LogP contribution in [0.25, 0.3) is 22.1 Å². The van der Waals surface area contributed by atoms with E-state index in [2.05, 4.69) is 35.8 Å². The molecular weight excluding hydrogens is 470 g/mol. The van der Waals surface area contributed by atoms with E-state index in [9.17, 15) is 0 Å². The Morgan fingerprint density at radius 3 is 2.65 bits per heavy atom. The Bertz CT molecular complexity index is 1590. The van der Waals surface area contributed by atoms with Gasteiger partial charge in [-0.1, -0.05) is 5.21 Å². The third-order valence-electron chi connectivity index (χ3n) is 6.44. The maximum absolute atomic E-state index is 6.14. The highest BCUT2D eigenvalue weighted by molar-refractivity contribution is 5.90. The highest BCUT2D eigenvalue weighted by Gasteiger charge is 2.19. The molecule has 188 valence electrons. The number of aryl methyl sites for hydroxylation is 2. The van der Waals surface area contributed by atoms with Crippen molar-refractivity contribution in [3.05, 3.63) is 54.4 Å². The van der Waals surface area contributed by atoms with Gasteiger partial charge in [-0.25, -0.2) is 19.6 Å². The van der Waals surface area contributed by atoms with E-state index in [-0.39, 0.29) is 0 Å². The molecule has 2 aromatic carbocycles. The van der Waals surface area contributed by atoms with E-state index < -0.39 is 0 Å². The molecule has 1 saturated heterocycles. The number of nitrogens with zero attached hydrogens (tertiary/aromatic N) is 7. The molecule has 0 bridgehead atoms. The molecule has 37 heavy (non-hydrogen) atoms. The Balaban J connectivity index is 1.28. The number of pyridine rings is 1. The molecule has 0 spiro atoms. The summed E-state index contributed by atoms with van der Waals surface area (Å²) in [6.45, 7) is 5.52. The van der Waals surface area contributed by atoms with Crippen molar-refractivity contribution in [3.8, 4) is 17.2 Å². The Morgan fingerprint density at radius 1 is 0.973 bits per heavy atom. The van der Waals surface area contributed by atoms with Crippen LogP contribution in [0, 0.1) is 6.92 Å². The average molecular weight is 498 g/mol. The van der Waals surface area contributed by atoms with Crippen molar-refractivity contribution in [2.24, 2.45) is 7.05 Å². The maximum Gasteiger partial charge on any atom is 0.172 e. The molecule has 0 amide bonds.